The van der Waals surface area contributed by atoms with Crippen LogP contribution >= 0.6 is 11.3 Å². The molecule has 5 rings (SSSR count). The van der Waals surface area contributed by atoms with E-state index in [1.54, 1.807) is 18.2 Å². The minimum absolute atomic E-state index is 0.345. The SMILES string of the molecule is COc1cc(OC)cc(N2C(=O)C(c3cccs3)=C(N3CCc4ccccc43)C2=O)c1. The number of hydrogen-bond acceptors (Lipinski definition) is 6. The van der Waals surface area contributed by atoms with Crippen LogP contribution in [-0.4, -0.2) is 32.6 Å². The fourth-order valence-corrected chi connectivity index (χ4v) is 4.90. The van der Waals surface area contributed by atoms with Crippen LogP contribution in [0.2, 0.25) is 0 Å². The number of methoxy groups -OCH3 is 2. The molecule has 0 spiro atoms. The number of para-hydroxylation sites is 1. The second-order valence-corrected chi connectivity index (χ2v) is 8.20. The van der Waals surface area contributed by atoms with Crippen molar-refractivity contribution in [2.75, 3.05) is 30.6 Å². The van der Waals surface area contributed by atoms with E-state index in [9.17, 15) is 9.59 Å². The van der Waals surface area contributed by atoms with Crippen molar-refractivity contribution in [1.82, 2.24) is 0 Å². The van der Waals surface area contributed by atoms with E-state index < -0.39 is 0 Å². The molecule has 3 aromatic rings. The van der Waals surface area contributed by atoms with Crippen molar-refractivity contribution in [2.24, 2.45) is 0 Å². The molecule has 0 bridgehead atoms. The lowest BCUT2D eigenvalue weighted by molar-refractivity contribution is -0.120. The van der Waals surface area contributed by atoms with Gasteiger partial charge in [0, 0.05) is 35.3 Å². The highest BCUT2D eigenvalue weighted by atomic mass is 32.1. The summed E-state index contributed by atoms with van der Waals surface area (Å²) in [5.74, 6) is 0.322. The molecule has 0 atom stereocenters. The van der Waals surface area contributed by atoms with Crippen molar-refractivity contribution >= 4 is 40.1 Å². The Bertz CT molecular complexity index is 1190. The molecule has 0 N–H and O–H groups in total. The van der Waals surface area contributed by atoms with Crippen LogP contribution in [0.4, 0.5) is 11.4 Å². The zero-order chi connectivity index (χ0) is 21.5. The summed E-state index contributed by atoms with van der Waals surface area (Å²) in [6.07, 6.45) is 0.825. The van der Waals surface area contributed by atoms with Crippen LogP contribution in [0.25, 0.3) is 5.57 Å². The number of hydrogen-bond donors (Lipinski definition) is 0. The average molecular weight is 433 g/mol. The third-order valence-electron chi connectivity index (χ3n) is 5.58. The largest absolute Gasteiger partial charge is 0.497 e. The first-order valence-electron chi connectivity index (χ1n) is 9.88. The Morgan fingerprint density at radius 3 is 2.32 bits per heavy atom. The number of anilines is 2. The van der Waals surface area contributed by atoms with Gasteiger partial charge in [0.05, 0.1) is 25.5 Å². The zero-order valence-electron chi connectivity index (χ0n) is 17.1. The Balaban J connectivity index is 1.66. The van der Waals surface area contributed by atoms with E-state index in [2.05, 4.69) is 6.07 Å². The monoisotopic (exact) mass is 432 g/mol. The molecule has 6 nitrogen and oxygen atoms in total. The van der Waals surface area contributed by atoms with E-state index in [1.165, 1.54) is 36.0 Å². The molecule has 3 heterocycles. The van der Waals surface area contributed by atoms with Crippen molar-refractivity contribution in [3.63, 3.8) is 0 Å². The lowest BCUT2D eigenvalue weighted by Gasteiger charge is -2.22. The summed E-state index contributed by atoms with van der Waals surface area (Å²) >= 11 is 1.45. The minimum Gasteiger partial charge on any atom is -0.497 e. The predicted octanol–water partition coefficient (Wildman–Crippen LogP) is 4.11. The molecule has 0 unspecified atom stereocenters. The van der Waals surface area contributed by atoms with E-state index in [0.29, 0.717) is 35.0 Å². The van der Waals surface area contributed by atoms with Crippen LogP contribution in [0.3, 0.4) is 0 Å². The minimum atomic E-state index is -0.347. The maximum absolute atomic E-state index is 13.7. The van der Waals surface area contributed by atoms with Crippen molar-refractivity contribution in [3.8, 4) is 11.5 Å². The Morgan fingerprint density at radius 1 is 0.903 bits per heavy atom. The number of rotatable bonds is 5. The van der Waals surface area contributed by atoms with Gasteiger partial charge in [0.2, 0.25) is 0 Å². The number of nitrogens with zero attached hydrogens (tertiary/aromatic N) is 2. The van der Waals surface area contributed by atoms with Crippen LogP contribution in [0.5, 0.6) is 11.5 Å². The number of ether oxygens (including phenoxy) is 2. The number of fused-ring (bicyclic) bond motifs is 1. The molecule has 0 aliphatic carbocycles. The molecule has 7 heteroatoms. The van der Waals surface area contributed by atoms with Crippen molar-refractivity contribution < 1.29 is 19.1 Å². The summed E-state index contributed by atoms with van der Waals surface area (Å²) in [4.78, 5) is 31.4. The third-order valence-corrected chi connectivity index (χ3v) is 6.47. The summed E-state index contributed by atoms with van der Waals surface area (Å²) in [6, 6.07) is 16.8. The number of benzene rings is 2. The van der Waals surface area contributed by atoms with Crippen LogP contribution < -0.4 is 19.3 Å². The Kier molecular flexibility index (Phi) is 4.75. The second-order valence-electron chi connectivity index (χ2n) is 7.25. The molecule has 156 valence electrons. The molecule has 2 aliphatic heterocycles. The second kappa shape index (κ2) is 7.59. The van der Waals surface area contributed by atoms with Crippen LogP contribution in [0.15, 0.2) is 65.7 Å². The molecule has 31 heavy (non-hydrogen) atoms. The molecule has 0 fully saturated rings. The highest BCUT2D eigenvalue weighted by molar-refractivity contribution is 7.11. The van der Waals surface area contributed by atoms with E-state index in [4.69, 9.17) is 9.47 Å². The molecular weight excluding hydrogens is 412 g/mol. The lowest BCUT2D eigenvalue weighted by Crippen LogP contribution is -2.34. The molecule has 1 aromatic heterocycles. The number of thiophene rings is 1. The Hall–Kier alpha value is -3.58. The van der Waals surface area contributed by atoms with Crippen molar-refractivity contribution in [3.05, 3.63) is 76.1 Å². The van der Waals surface area contributed by atoms with Gasteiger partial charge < -0.3 is 14.4 Å². The third kappa shape index (κ3) is 3.09. The normalized spacial score (nSPS) is 15.7. The van der Waals surface area contributed by atoms with Gasteiger partial charge in [0.1, 0.15) is 17.2 Å². The van der Waals surface area contributed by atoms with Crippen LogP contribution in [-0.2, 0) is 16.0 Å². The standard InChI is InChI=1S/C24H20N2O4S/c1-29-17-12-16(13-18(14-17)30-2)26-23(27)21(20-8-5-11-31-20)22(24(26)28)25-10-9-15-6-3-4-7-19(15)25/h3-8,11-14H,9-10H2,1-2H3. The summed E-state index contributed by atoms with van der Waals surface area (Å²) in [6.45, 7) is 0.651. The quantitative estimate of drug-likeness (QED) is 0.568. The van der Waals surface area contributed by atoms with Gasteiger partial charge in [-0.2, -0.15) is 0 Å². The van der Waals surface area contributed by atoms with E-state index in [-0.39, 0.29) is 11.8 Å². The topological polar surface area (TPSA) is 59.1 Å². The van der Waals surface area contributed by atoms with E-state index >= 15 is 0 Å². The lowest BCUT2D eigenvalue weighted by atomic mass is 10.1. The fraction of sp³-hybridized carbons (Fsp3) is 0.167. The van der Waals surface area contributed by atoms with Crippen LogP contribution in [0, 0.1) is 0 Å². The first-order valence-corrected chi connectivity index (χ1v) is 10.8. The number of carbonyl (C=O) groups is 2. The number of amides is 2. The predicted molar refractivity (Wildman–Crippen MR) is 121 cm³/mol. The molecule has 0 saturated heterocycles. The first-order chi connectivity index (χ1) is 15.1. The van der Waals surface area contributed by atoms with Gasteiger partial charge in [-0.05, 0) is 29.5 Å². The Labute approximate surface area is 183 Å². The molecular formula is C24H20N2O4S. The maximum atomic E-state index is 13.7. The molecule has 0 saturated carbocycles. The number of carbonyl (C=O) groups excluding carboxylic acids is 2. The fourth-order valence-electron chi connectivity index (χ4n) is 4.14. The summed E-state index contributed by atoms with van der Waals surface area (Å²) in [7, 11) is 3.07. The molecule has 2 aliphatic rings. The summed E-state index contributed by atoms with van der Waals surface area (Å²) in [5, 5.41) is 1.91. The van der Waals surface area contributed by atoms with Crippen molar-refractivity contribution in [2.45, 2.75) is 6.42 Å². The van der Waals surface area contributed by atoms with Gasteiger partial charge in [0.25, 0.3) is 11.8 Å². The van der Waals surface area contributed by atoms with E-state index in [1.807, 2.05) is 40.6 Å². The molecule has 0 radical (unpaired) electrons. The summed E-state index contributed by atoms with van der Waals surface area (Å²) in [5.41, 5.74) is 3.40. The van der Waals surface area contributed by atoms with Crippen LogP contribution in [0.1, 0.15) is 10.4 Å². The smallest absolute Gasteiger partial charge is 0.282 e. The van der Waals surface area contributed by atoms with Crippen molar-refractivity contribution in [1.29, 1.82) is 0 Å². The molecule has 2 aromatic carbocycles. The highest BCUT2D eigenvalue weighted by Gasteiger charge is 2.44. The van der Waals surface area contributed by atoms with Gasteiger partial charge in [-0.25, -0.2) is 4.90 Å². The maximum Gasteiger partial charge on any atom is 0.282 e. The number of imide groups is 1. The summed E-state index contributed by atoms with van der Waals surface area (Å²) < 4.78 is 10.7. The average Bonchev–Trinajstić information content (AvgIpc) is 3.51. The van der Waals surface area contributed by atoms with Gasteiger partial charge in [-0.3, -0.25) is 9.59 Å². The van der Waals surface area contributed by atoms with Gasteiger partial charge in [-0.15, -0.1) is 11.3 Å². The zero-order valence-corrected chi connectivity index (χ0v) is 17.9. The van der Waals surface area contributed by atoms with Gasteiger partial charge >= 0.3 is 0 Å². The Morgan fingerprint density at radius 2 is 1.65 bits per heavy atom. The molecule has 2 amide bonds. The van der Waals surface area contributed by atoms with Gasteiger partial charge in [0.15, 0.2) is 0 Å². The van der Waals surface area contributed by atoms with Gasteiger partial charge in [-0.1, -0.05) is 24.3 Å². The first kappa shape index (κ1) is 19.4. The van der Waals surface area contributed by atoms with E-state index in [0.717, 1.165) is 17.0 Å². The highest BCUT2D eigenvalue weighted by Crippen LogP contribution is 2.42.